The third kappa shape index (κ3) is 3.35. The summed E-state index contributed by atoms with van der Waals surface area (Å²) in [6.07, 6.45) is 1.65. The van der Waals surface area contributed by atoms with Crippen LogP contribution < -0.4 is 0 Å². The highest BCUT2D eigenvalue weighted by molar-refractivity contribution is 6.69. The normalized spacial score (nSPS) is 17.8. The number of hydrogen-bond donors (Lipinski definition) is 0. The Balaban J connectivity index is 1.90. The molecule has 0 radical (unpaired) electrons. The van der Waals surface area contributed by atoms with Gasteiger partial charge in [0.05, 0.1) is 5.57 Å². The first-order chi connectivity index (χ1) is 12.0. The number of hydrogen-bond acceptors (Lipinski definition) is 4. The molecule has 0 heterocycles. The third-order valence-electron chi connectivity index (χ3n) is 4.05. The summed E-state index contributed by atoms with van der Waals surface area (Å²) in [6.45, 7) is 0. The average molecular weight is 353 g/mol. The Morgan fingerprint density at radius 2 is 1.36 bits per heavy atom. The van der Waals surface area contributed by atoms with Crippen LogP contribution in [0, 0.1) is 0 Å². The minimum Gasteiger partial charge on any atom is -0.289 e. The number of Topliss-reactive ketones (excluding diaryl/α,β-unsaturated/α-hetero) is 4. The summed E-state index contributed by atoms with van der Waals surface area (Å²) in [4.78, 5) is 49.5. The van der Waals surface area contributed by atoms with Crippen LogP contribution in [0.1, 0.15) is 17.0 Å². The minimum absolute atomic E-state index is 0.291. The summed E-state index contributed by atoms with van der Waals surface area (Å²) >= 11 is 5.79. The van der Waals surface area contributed by atoms with Gasteiger partial charge in [-0.05, 0) is 29.7 Å². The van der Waals surface area contributed by atoms with Crippen molar-refractivity contribution < 1.29 is 19.2 Å². The Bertz CT molecular complexity index is 865. The van der Waals surface area contributed by atoms with Crippen LogP contribution >= 0.6 is 11.6 Å². The second-order valence-corrected chi connectivity index (χ2v) is 6.12. The molecule has 0 aromatic heterocycles. The number of allylic oxidation sites excluding steroid dienone is 2. The SMILES string of the molecule is O=C1C(=O)C(c2ccc(Cl)cc2)C(=O)C(=O)C1=CCc1ccccc1. The maximum absolute atomic E-state index is 12.4. The maximum atomic E-state index is 12.4. The fourth-order valence-electron chi connectivity index (χ4n) is 2.73. The molecule has 0 aliphatic heterocycles. The fraction of sp³-hybridized carbons (Fsp3) is 0.100. The number of carbonyl (C=O) groups is 4. The Labute approximate surface area is 149 Å². The summed E-state index contributed by atoms with van der Waals surface area (Å²) in [6, 6.07) is 15.1. The highest BCUT2D eigenvalue weighted by Crippen LogP contribution is 2.27. The number of carbonyl (C=O) groups excluding carboxylic acids is 4. The van der Waals surface area contributed by atoms with Crippen molar-refractivity contribution in [2.45, 2.75) is 12.3 Å². The standard InChI is InChI=1S/C20H13ClO4/c21-14-9-7-13(8-10-14)16-19(24)17(22)15(18(23)20(16)25)11-6-12-4-2-1-3-5-12/h1-5,7-11,16H,6H2. The highest BCUT2D eigenvalue weighted by Gasteiger charge is 2.45. The second kappa shape index (κ2) is 6.95. The summed E-state index contributed by atoms with van der Waals surface area (Å²) in [7, 11) is 0. The zero-order valence-electron chi connectivity index (χ0n) is 13.1. The number of halogens is 1. The van der Waals surface area contributed by atoms with E-state index in [1.165, 1.54) is 30.3 Å². The van der Waals surface area contributed by atoms with E-state index in [1.807, 2.05) is 30.3 Å². The molecule has 4 nitrogen and oxygen atoms in total. The van der Waals surface area contributed by atoms with Gasteiger partial charge in [0, 0.05) is 5.02 Å². The van der Waals surface area contributed by atoms with E-state index in [0.29, 0.717) is 17.0 Å². The molecule has 2 aromatic rings. The van der Waals surface area contributed by atoms with Crippen molar-refractivity contribution in [2.75, 3.05) is 0 Å². The second-order valence-electron chi connectivity index (χ2n) is 5.68. The topological polar surface area (TPSA) is 68.3 Å². The molecule has 0 atom stereocenters. The van der Waals surface area contributed by atoms with Crippen molar-refractivity contribution in [1.29, 1.82) is 0 Å². The lowest BCUT2D eigenvalue weighted by Gasteiger charge is -2.19. The fourth-order valence-corrected chi connectivity index (χ4v) is 2.85. The maximum Gasteiger partial charge on any atom is 0.233 e. The number of ketones is 4. The quantitative estimate of drug-likeness (QED) is 0.368. The van der Waals surface area contributed by atoms with Gasteiger partial charge in [-0.1, -0.05) is 60.1 Å². The molecule has 1 aliphatic rings. The van der Waals surface area contributed by atoms with Gasteiger partial charge in [0.15, 0.2) is 0 Å². The van der Waals surface area contributed by atoms with Crippen molar-refractivity contribution in [3.63, 3.8) is 0 Å². The smallest absolute Gasteiger partial charge is 0.233 e. The first-order valence-electron chi connectivity index (χ1n) is 7.65. The van der Waals surface area contributed by atoms with Crippen molar-refractivity contribution in [1.82, 2.24) is 0 Å². The van der Waals surface area contributed by atoms with Crippen LogP contribution in [-0.4, -0.2) is 23.1 Å². The van der Waals surface area contributed by atoms with Gasteiger partial charge in [-0.15, -0.1) is 0 Å². The molecule has 1 fully saturated rings. The zero-order valence-corrected chi connectivity index (χ0v) is 13.8. The molecule has 0 unspecified atom stereocenters. The van der Waals surface area contributed by atoms with Gasteiger partial charge in [0.25, 0.3) is 0 Å². The molecule has 0 amide bonds. The molecule has 3 rings (SSSR count). The van der Waals surface area contributed by atoms with Crippen molar-refractivity contribution in [3.05, 3.63) is 82.4 Å². The first kappa shape index (κ1) is 17.0. The van der Waals surface area contributed by atoms with Crippen molar-refractivity contribution in [2.24, 2.45) is 0 Å². The van der Waals surface area contributed by atoms with Gasteiger partial charge in [0.1, 0.15) is 5.92 Å². The lowest BCUT2D eigenvalue weighted by molar-refractivity contribution is -0.146. The van der Waals surface area contributed by atoms with E-state index in [2.05, 4.69) is 0 Å². The largest absolute Gasteiger partial charge is 0.289 e. The molecule has 25 heavy (non-hydrogen) atoms. The van der Waals surface area contributed by atoms with Crippen molar-refractivity contribution >= 4 is 34.7 Å². The Morgan fingerprint density at radius 3 is 1.92 bits per heavy atom. The summed E-state index contributed by atoms with van der Waals surface area (Å²) in [5, 5.41) is 0.431. The van der Waals surface area contributed by atoms with Gasteiger partial charge in [-0.25, -0.2) is 0 Å². The van der Waals surface area contributed by atoms with Crippen LogP contribution in [0.2, 0.25) is 5.02 Å². The summed E-state index contributed by atoms with van der Waals surface area (Å²) in [5.41, 5.74) is 0.822. The van der Waals surface area contributed by atoms with Crippen molar-refractivity contribution in [3.8, 4) is 0 Å². The Morgan fingerprint density at radius 1 is 0.800 bits per heavy atom. The van der Waals surface area contributed by atoms with E-state index in [4.69, 9.17) is 11.6 Å². The molecular formula is C20H13ClO4. The van der Waals surface area contributed by atoms with Gasteiger partial charge >= 0.3 is 0 Å². The molecule has 0 bridgehead atoms. The van der Waals surface area contributed by atoms with E-state index in [1.54, 1.807) is 0 Å². The Hall–Kier alpha value is -2.85. The van der Waals surface area contributed by atoms with E-state index in [9.17, 15) is 19.2 Å². The minimum atomic E-state index is -1.38. The monoisotopic (exact) mass is 352 g/mol. The molecule has 5 heteroatoms. The molecule has 1 aliphatic carbocycles. The zero-order chi connectivity index (χ0) is 18.0. The van der Waals surface area contributed by atoms with E-state index in [0.717, 1.165) is 5.56 Å². The predicted molar refractivity (Wildman–Crippen MR) is 92.5 cm³/mol. The van der Waals surface area contributed by atoms with Gasteiger partial charge in [-0.2, -0.15) is 0 Å². The Kier molecular flexibility index (Phi) is 4.72. The molecule has 1 saturated carbocycles. The van der Waals surface area contributed by atoms with Crippen LogP contribution in [0.3, 0.4) is 0 Å². The molecule has 2 aromatic carbocycles. The van der Waals surface area contributed by atoms with Crippen LogP contribution in [0.15, 0.2) is 66.2 Å². The van der Waals surface area contributed by atoms with E-state index >= 15 is 0 Å². The number of benzene rings is 2. The van der Waals surface area contributed by atoms with Crippen LogP contribution in [-0.2, 0) is 25.6 Å². The highest BCUT2D eigenvalue weighted by atomic mass is 35.5. The average Bonchev–Trinajstić information content (AvgIpc) is 2.63. The van der Waals surface area contributed by atoms with Gasteiger partial charge < -0.3 is 0 Å². The molecule has 0 N–H and O–H groups in total. The predicted octanol–water partition coefficient (Wildman–Crippen LogP) is 2.88. The molecule has 0 saturated heterocycles. The van der Waals surface area contributed by atoms with E-state index < -0.39 is 29.1 Å². The molecule has 124 valence electrons. The first-order valence-corrected chi connectivity index (χ1v) is 8.03. The van der Waals surface area contributed by atoms with Gasteiger partial charge in [-0.3, -0.25) is 19.2 Å². The van der Waals surface area contributed by atoms with Crippen LogP contribution in [0.25, 0.3) is 0 Å². The summed E-state index contributed by atoms with van der Waals surface area (Å²) < 4.78 is 0. The third-order valence-corrected chi connectivity index (χ3v) is 4.30. The van der Waals surface area contributed by atoms with Crippen LogP contribution in [0.5, 0.6) is 0 Å². The molecule has 0 spiro atoms. The summed E-state index contributed by atoms with van der Waals surface area (Å²) in [5.74, 6) is -4.98. The lowest BCUT2D eigenvalue weighted by atomic mass is 9.77. The van der Waals surface area contributed by atoms with E-state index in [-0.39, 0.29) is 5.57 Å². The number of rotatable bonds is 3. The van der Waals surface area contributed by atoms with Gasteiger partial charge in [0.2, 0.25) is 23.1 Å². The molecular weight excluding hydrogens is 340 g/mol. The lowest BCUT2D eigenvalue weighted by Crippen LogP contribution is -2.42. The van der Waals surface area contributed by atoms with Crippen LogP contribution in [0.4, 0.5) is 0 Å².